The van der Waals surface area contributed by atoms with Crippen molar-refractivity contribution in [2.45, 2.75) is 24.9 Å². The molecule has 362 valence electrons. The molecule has 6 aromatic carbocycles. The van der Waals surface area contributed by atoms with Crippen LogP contribution in [0.1, 0.15) is 73.5 Å². The highest BCUT2D eigenvalue weighted by molar-refractivity contribution is 6.16. The summed E-state index contributed by atoms with van der Waals surface area (Å²) in [6.45, 7) is 0. The fraction of sp³-hybridized carbons (Fsp3) is 0.109. The molecule has 0 bridgehead atoms. The van der Waals surface area contributed by atoms with Crippen molar-refractivity contribution in [3.63, 3.8) is 0 Å². The van der Waals surface area contributed by atoms with Crippen LogP contribution in [0.2, 0.25) is 0 Å². The smallest absolute Gasteiger partial charge is 0.328 e. The van der Waals surface area contributed by atoms with Crippen LogP contribution in [0.3, 0.4) is 0 Å². The number of esters is 2. The van der Waals surface area contributed by atoms with Gasteiger partial charge in [0, 0.05) is 12.8 Å². The summed E-state index contributed by atoms with van der Waals surface area (Å²) in [7, 11) is 2.45. The van der Waals surface area contributed by atoms with Crippen molar-refractivity contribution in [3.8, 4) is 0 Å². The van der Waals surface area contributed by atoms with E-state index in [4.69, 9.17) is 9.47 Å². The number of hydrogen-bond donors (Lipinski definition) is 6. The maximum atomic E-state index is 13.8. The number of carbonyl (C=O) groups is 8. The van der Waals surface area contributed by atoms with Gasteiger partial charge in [0.1, 0.15) is 23.5 Å². The molecule has 17 heteroatoms. The number of aromatic nitrogens is 1. The third-order valence-corrected chi connectivity index (χ3v) is 11.0. The largest absolute Gasteiger partial charge is 0.467 e. The first-order valence-electron chi connectivity index (χ1n) is 22.4. The summed E-state index contributed by atoms with van der Waals surface area (Å²) in [5.41, 5.74) is 1.81. The number of pyridine rings is 1. The first-order chi connectivity index (χ1) is 34.9. The Labute approximate surface area is 413 Å². The van der Waals surface area contributed by atoms with Gasteiger partial charge in [-0.2, -0.15) is 0 Å². The molecule has 0 aliphatic carbocycles. The van der Waals surface area contributed by atoms with Crippen LogP contribution in [0.15, 0.2) is 176 Å². The summed E-state index contributed by atoms with van der Waals surface area (Å²) in [5.74, 6) is -5.48. The summed E-state index contributed by atoms with van der Waals surface area (Å²) in [4.78, 5) is 112. The van der Waals surface area contributed by atoms with E-state index in [2.05, 4.69) is 36.9 Å². The van der Waals surface area contributed by atoms with E-state index in [-0.39, 0.29) is 69.2 Å². The zero-order valence-electron chi connectivity index (χ0n) is 38.8. The van der Waals surface area contributed by atoms with E-state index in [1.54, 1.807) is 48.5 Å². The summed E-state index contributed by atoms with van der Waals surface area (Å²) >= 11 is 0. The molecule has 0 aliphatic heterocycles. The number of anilines is 4. The van der Waals surface area contributed by atoms with E-state index in [1.807, 2.05) is 60.7 Å². The predicted octanol–water partition coefficient (Wildman–Crippen LogP) is 7.12. The van der Waals surface area contributed by atoms with Crippen molar-refractivity contribution < 1.29 is 47.8 Å². The van der Waals surface area contributed by atoms with Gasteiger partial charge < -0.3 is 41.4 Å². The molecule has 0 aliphatic rings. The maximum absolute atomic E-state index is 13.8. The van der Waals surface area contributed by atoms with Gasteiger partial charge in [-0.15, -0.1) is 0 Å². The van der Waals surface area contributed by atoms with Crippen molar-refractivity contribution in [1.29, 1.82) is 0 Å². The van der Waals surface area contributed by atoms with E-state index < -0.39 is 59.5 Å². The van der Waals surface area contributed by atoms with Crippen LogP contribution in [0.25, 0.3) is 0 Å². The first-order valence-corrected chi connectivity index (χ1v) is 22.4. The van der Waals surface area contributed by atoms with Crippen LogP contribution >= 0.6 is 0 Å². The number of nitrogens with zero attached hydrogens (tertiary/aromatic N) is 1. The fourth-order valence-electron chi connectivity index (χ4n) is 7.44. The van der Waals surface area contributed by atoms with Crippen molar-refractivity contribution >= 4 is 70.1 Å². The summed E-state index contributed by atoms with van der Waals surface area (Å²) in [6.07, 6.45) is 0.325. The summed E-state index contributed by atoms with van der Waals surface area (Å²) < 4.78 is 9.88. The van der Waals surface area contributed by atoms with Crippen LogP contribution < -0.4 is 31.9 Å². The molecule has 17 nitrogen and oxygen atoms in total. The molecule has 6 N–H and O–H groups in total. The molecule has 0 saturated carbocycles. The molecule has 7 aromatic rings. The van der Waals surface area contributed by atoms with Gasteiger partial charge in [0.15, 0.2) is 0 Å². The van der Waals surface area contributed by atoms with Crippen molar-refractivity contribution in [2.24, 2.45) is 0 Å². The molecule has 1 heterocycles. The highest BCUT2D eigenvalue weighted by atomic mass is 16.5. The minimum Gasteiger partial charge on any atom is -0.467 e. The molecule has 1 aromatic heterocycles. The number of methoxy groups -OCH3 is 2. The van der Waals surface area contributed by atoms with Crippen LogP contribution in [0.4, 0.5) is 22.7 Å². The van der Waals surface area contributed by atoms with E-state index >= 15 is 0 Å². The van der Waals surface area contributed by atoms with Crippen molar-refractivity contribution in [1.82, 2.24) is 15.6 Å². The number of para-hydroxylation sites is 4. The minimum atomic E-state index is -1.02. The van der Waals surface area contributed by atoms with E-state index in [0.717, 1.165) is 11.1 Å². The quantitative estimate of drug-likeness (QED) is 0.0473. The van der Waals surface area contributed by atoms with Crippen molar-refractivity contribution in [2.75, 3.05) is 35.5 Å². The third-order valence-electron chi connectivity index (χ3n) is 11.0. The molecule has 7 rings (SSSR count). The topological polar surface area (TPSA) is 240 Å². The molecular formula is C55H47N7O10. The van der Waals surface area contributed by atoms with Gasteiger partial charge in [-0.1, -0.05) is 115 Å². The molecule has 6 amide bonds. The van der Waals surface area contributed by atoms with Gasteiger partial charge in [0.25, 0.3) is 35.4 Å². The lowest BCUT2D eigenvalue weighted by Crippen LogP contribution is -2.43. The minimum absolute atomic E-state index is 0.0260. The van der Waals surface area contributed by atoms with Crippen LogP contribution in [-0.4, -0.2) is 78.7 Å². The van der Waals surface area contributed by atoms with Crippen LogP contribution in [-0.2, 0) is 31.9 Å². The maximum Gasteiger partial charge on any atom is 0.328 e. The second kappa shape index (κ2) is 24.0. The molecule has 0 unspecified atom stereocenters. The zero-order valence-corrected chi connectivity index (χ0v) is 38.8. The van der Waals surface area contributed by atoms with Crippen LogP contribution in [0, 0.1) is 0 Å². The second-order valence-corrected chi connectivity index (χ2v) is 15.9. The first kappa shape index (κ1) is 50.1. The van der Waals surface area contributed by atoms with Gasteiger partial charge in [-0.05, 0) is 71.8 Å². The molecule has 0 saturated heterocycles. The number of amides is 6. The van der Waals surface area contributed by atoms with E-state index in [1.165, 1.54) is 80.9 Å². The average Bonchev–Trinajstić information content (AvgIpc) is 3.41. The zero-order chi connectivity index (χ0) is 51.0. The van der Waals surface area contributed by atoms with Gasteiger partial charge >= 0.3 is 11.9 Å². The highest BCUT2D eigenvalue weighted by Crippen LogP contribution is 2.24. The summed E-state index contributed by atoms with van der Waals surface area (Å²) in [5, 5.41) is 16.2. The molecular weight excluding hydrogens is 919 g/mol. The van der Waals surface area contributed by atoms with Gasteiger partial charge in [-0.25, -0.2) is 14.6 Å². The number of nitrogens with one attached hydrogen (secondary N) is 6. The van der Waals surface area contributed by atoms with E-state index in [9.17, 15) is 38.4 Å². The highest BCUT2D eigenvalue weighted by Gasteiger charge is 2.27. The molecule has 72 heavy (non-hydrogen) atoms. The summed E-state index contributed by atoms with van der Waals surface area (Å²) in [6, 6.07) is 45.0. The molecule has 0 spiro atoms. The number of hydrogen-bond acceptors (Lipinski definition) is 11. The Morgan fingerprint density at radius 1 is 0.361 bits per heavy atom. The number of ether oxygens (including phenoxy) is 2. The molecule has 0 fully saturated rings. The lowest BCUT2D eigenvalue weighted by molar-refractivity contribution is -0.143. The predicted molar refractivity (Wildman–Crippen MR) is 269 cm³/mol. The SMILES string of the molecule is COC(=O)[C@H](Cc1ccccc1)NC(=O)c1ccccc1NC(=O)c1ccccc1NC(=O)c1cccc(C(=O)Nc2ccccc2C(=O)Nc2ccccc2C(=O)N[C@@H](Cc2ccccc2)C(=O)OC)n1. The lowest BCUT2D eigenvalue weighted by Gasteiger charge is -2.18. The second-order valence-electron chi connectivity index (χ2n) is 15.9. The molecule has 2 atom stereocenters. The monoisotopic (exact) mass is 965 g/mol. The Bertz CT molecular complexity index is 2940. The molecule has 0 radical (unpaired) electrons. The fourth-order valence-corrected chi connectivity index (χ4v) is 7.44. The lowest BCUT2D eigenvalue weighted by atomic mass is 10.0. The van der Waals surface area contributed by atoms with Gasteiger partial charge in [0.2, 0.25) is 0 Å². The number of rotatable bonds is 18. The third kappa shape index (κ3) is 12.9. The number of benzene rings is 6. The Kier molecular flexibility index (Phi) is 16.7. The Morgan fingerprint density at radius 2 is 0.653 bits per heavy atom. The Hall–Kier alpha value is -9.77. The van der Waals surface area contributed by atoms with Crippen LogP contribution in [0.5, 0.6) is 0 Å². The van der Waals surface area contributed by atoms with E-state index in [0.29, 0.717) is 0 Å². The Morgan fingerprint density at radius 3 is 0.986 bits per heavy atom. The average molecular weight is 966 g/mol. The van der Waals surface area contributed by atoms with Crippen molar-refractivity contribution in [3.05, 3.63) is 221 Å². The van der Waals surface area contributed by atoms with Gasteiger partial charge in [-0.3, -0.25) is 28.8 Å². The normalized spacial score (nSPS) is 11.4. The number of carbonyl (C=O) groups excluding carboxylic acids is 8. The Balaban J connectivity index is 1.01. The van der Waals surface area contributed by atoms with Gasteiger partial charge in [0.05, 0.1) is 59.2 Å². The standard InChI is InChI=1S/C55H47N7O10/c1-71-54(69)46(32-34-18-5-3-6-19-34)61-50(65)36-22-9-13-26-40(36)57-48(63)38-24-11-15-28-42(38)59-52(67)44-30-17-31-45(56-44)53(68)60-43-29-16-12-25-39(43)49(64)58-41-27-14-10-23-37(41)51(66)62-47(55(70)72-2)33-35-20-7-4-8-21-35/h3-31,46-47H,32-33H2,1-2H3,(H,57,63)(H,58,64)(H,59,67)(H,60,68)(H,61,65)(H,62,66)/t46-,47-/m0/s1.